The van der Waals surface area contributed by atoms with Gasteiger partial charge in [0.15, 0.2) is 5.17 Å². The number of rotatable bonds is 9. The van der Waals surface area contributed by atoms with Crippen LogP contribution in [0.25, 0.3) is 0 Å². The molecule has 3 aromatic rings. The molecule has 0 unspecified atom stereocenters. The number of aryl methyl sites for hydroxylation is 2. The molecule has 0 aromatic heterocycles. The van der Waals surface area contributed by atoms with Gasteiger partial charge in [0, 0.05) is 31.5 Å². The molecule has 1 aliphatic rings. The van der Waals surface area contributed by atoms with E-state index in [1.54, 1.807) is 23.9 Å². The van der Waals surface area contributed by atoms with Gasteiger partial charge in [0.2, 0.25) is 0 Å². The molecule has 0 bridgehead atoms. The van der Waals surface area contributed by atoms with Gasteiger partial charge in [0.05, 0.1) is 29.3 Å². The zero-order chi connectivity index (χ0) is 27.8. The minimum absolute atomic E-state index is 0.430. The molecular weight excluding hydrogens is 526 g/mol. The molecule has 0 amide bonds. The fourth-order valence-corrected chi connectivity index (χ4v) is 5.62. The number of halogens is 1. The molecule has 0 fully saturated rings. The molecule has 5 nitrogen and oxygen atoms in total. The zero-order valence-corrected chi connectivity index (χ0v) is 24.6. The van der Waals surface area contributed by atoms with E-state index in [-0.39, 0.29) is 0 Å². The lowest BCUT2D eigenvalue weighted by molar-refractivity contribution is 0.185. The van der Waals surface area contributed by atoms with E-state index in [4.69, 9.17) is 21.4 Å². The highest BCUT2D eigenvalue weighted by atomic mass is 35.5. The normalized spacial score (nSPS) is 13.6. The van der Waals surface area contributed by atoms with Crippen molar-refractivity contribution in [3.63, 3.8) is 0 Å². The molecule has 204 valence electrons. The SMILES string of the molecule is CCc1cccc(CN(CC2=CC=C(O)CC2)C(=Nc2ccc(Cl)c(N(C)OC)c2)Sc2cccc(C)c2)c1. The van der Waals surface area contributed by atoms with E-state index in [1.807, 2.05) is 37.4 Å². The van der Waals surface area contributed by atoms with E-state index >= 15 is 0 Å². The van der Waals surface area contributed by atoms with E-state index in [9.17, 15) is 5.11 Å². The zero-order valence-electron chi connectivity index (χ0n) is 23.0. The standard InChI is InChI=1S/C32H36ClN3O2S/c1-5-24-9-7-10-26(19-24)22-36(21-25-12-15-28(37)16-13-25)32(39-29-11-6-8-23(2)18-29)34-27-14-17-30(33)31(20-27)35(3)38-4/h6-12,14-15,17-20,37H,5,13,16,21-22H2,1-4H3. The molecule has 0 saturated carbocycles. The second kappa shape index (κ2) is 13.7. The first-order valence-corrected chi connectivity index (χ1v) is 14.3. The van der Waals surface area contributed by atoms with E-state index in [0.29, 0.717) is 30.3 Å². The molecule has 0 radical (unpaired) electrons. The maximum atomic E-state index is 9.94. The summed E-state index contributed by atoms with van der Waals surface area (Å²) in [6, 6.07) is 23.0. The van der Waals surface area contributed by atoms with Crippen LogP contribution in [0.1, 0.15) is 36.5 Å². The average Bonchev–Trinajstić information content (AvgIpc) is 2.94. The molecule has 0 aliphatic heterocycles. The number of hydrogen-bond donors (Lipinski definition) is 1. The number of nitrogens with zero attached hydrogens (tertiary/aromatic N) is 3. The van der Waals surface area contributed by atoms with Crippen molar-refractivity contribution in [1.82, 2.24) is 4.90 Å². The molecule has 0 atom stereocenters. The second-order valence-corrected chi connectivity index (χ2v) is 11.1. The molecule has 4 rings (SSSR count). The number of allylic oxidation sites excluding steroid dienone is 3. The Kier molecular flexibility index (Phi) is 10.2. The van der Waals surface area contributed by atoms with Crippen LogP contribution in [0, 0.1) is 6.92 Å². The average molecular weight is 562 g/mol. The van der Waals surface area contributed by atoms with Crippen LogP contribution in [-0.4, -0.2) is 35.9 Å². The Morgan fingerprint density at radius 1 is 1.00 bits per heavy atom. The van der Waals surface area contributed by atoms with Crippen molar-refractivity contribution in [1.29, 1.82) is 0 Å². The van der Waals surface area contributed by atoms with Gasteiger partial charge in [-0.3, -0.25) is 9.90 Å². The highest BCUT2D eigenvalue weighted by Crippen LogP contribution is 2.33. The van der Waals surface area contributed by atoms with Crippen LogP contribution >= 0.6 is 23.4 Å². The highest BCUT2D eigenvalue weighted by molar-refractivity contribution is 8.13. The summed E-state index contributed by atoms with van der Waals surface area (Å²) in [5.41, 5.74) is 6.54. The van der Waals surface area contributed by atoms with Crippen molar-refractivity contribution in [3.05, 3.63) is 112 Å². The van der Waals surface area contributed by atoms with Gasteiger partial charge < -0.3 is 10.0 Å². The predicted octanol–water partition coefficient (Wildman–Crippen LogP) is 8.65. The van der Waals surface area contributed by atoms with Crippen LogP contribution in [0.2, 0.25) is 5.02 Å². The quantitative estimate of drug-likeness (QED) is 0.123. The number of thioether (sulfide) groups is 1. The van der Waals surface area contributed by atoms with Crippen LogP contribution in [0.4, 0.5) is 11.4 Å². The van der Waals surface area contributed by atoms with Gasteiger partial charge in [-0.05, 0) is 67.3 Å². The van der Waals surface area contributed by atoms with Gasteiger partial charge in [0.1, 0.15) is 0 Å². The van der Waals surface area contributed by atoms with E-state index in [2.05, 4.69) is 67.3 Å². The van der Waals surface area contributed by atoms with Gasteiger partial charge in [0.25, 0.3) is 0 Å². The third kappa shape index (κ3) is 8.15. The van der Waals surface area contributed by atoms with Crippen molar-refractivity contribution >= 4 is 39.9 Å². The third-order valence-electron chi connectivity index (χ3n) is 6.62. The summed E-state index contributed by atoms with van der Waals surface area (Å²) in [6.45, 7) is 5.69. The number of anilines is 1. The Labute approximate surface area is 241 Å². The maximum absolute atomic E-state index is 9.94. The van der Waals surface area contributed by atoms with Crippen molar-refractivity contribution in [2.75, 3.05) is 25.8 Å². The first-order valence-electron chi connectivity index (χ1n) is 13.2. The maximum Gasteiger partial charge on any atom is 0.169 e. The van der Waals surface area contributed by atoms with E-state index in [0.717, 1.165) is 34.3 Å². The first kappa shape index (κ1) is 28.8. The van der Waals surface area contributed by atoms with Crippen molar-refractivity contribution in [3.8, 4) is 0 Å². The number of benzene rings is 3. The summed E-state index contributed by atoms with van der Waals surface area (Å²) in [7, 11) is 3.43. The Morgan fingerprint density at radius 3 is 2.51 bits per heavy atom. The molecule has 0 heterocycles. The molecule has 39 heavy (non-hydrogen) atoms. The smallest absolute Gasteiger partial charge is 0.169 e. The number of hydroxylamine groups is 1. The van der Waals surface area contributed by atoms with Crippen molar-refractivity contribution < 1.29 is 9.94 Å². The van der Waals surface area contributed by atoms with Gasteiger partial charge in [-0.15, -0.1) is 0 Å². The van der Waals surface area contributed by atoms with Crippen LogP contribution in [0.15, 0.2) is 100 Å². The predicted molar refractivity (Wildman–Crippen MR) is 165 cm³/mol. The van der Waals surface area contributed by atoms with Crippen molar-refractivity contribution in [2.24, 2.45) is 4.99 Å². The molecule has 3 aromatic carbocycles. The van der Waals surface area contributed by atoms with Crippen LogP contribution in [0.5, 0.6) is 0 Å². The molecule has 1 N–H and O–H groups in total. The fraction of sp³-hybridized carbons (Fsp3) is 0.281. The lowest BCUT2D eigenvalue weighted by Gasteiger charge is -2.28. The summed E-state index contributed by atoms with van der Waals surface area (Å²) in [5.74, 6) is 0.430. The summed E-state index contributed by atoms with van der Waals surface area (Å²) >= 11 is 8.13. The molecule has 0 saturated heterocycles. The summed E-state index contributed by atoms with van der Waals surface area (Å²) in [4.78, 5) is 14.0. The molecular formula is C32H36ClN3O2S. The lowest BCUT2D eigenvalue weighted by Crippen LogP contribution is -2.31. The highest BCUT2D eigenvalue weighted by Gasteiger charge is 2.19. The first-order chi connectivity index (χ1) is 18.8. The topological polar surface area (TPSA) is 48.3 Å². The Hall–Kier alpha value is -3.19. The number of aliphatic hydroxyl groups excluding tert-OH is 1. The van der Waals surface area contributed by atoms with Gasteiger partial charge in [-0.2, -0.15) is 0 Å². The van der Waals surface area contributed by atoms with Crippen LogP contribution < -0.4 is 5.06 Å². The van der Waals surface area contributed by atoms with Gasteiger partial charge in [-0.1, -0.05) is 83.9 Å². The third-order valence-corrected chi connectivity index (χ3v) is 7.96. The van der Waals surface area contributed by atoms with Crippen LogP contribution in [-0.2, 0) is 17.8 Å². The molecule has 7 heteroatoms. The monoisotopic (exact) mass is 561 g/mol. The second-order valence-electron chi connectivity index (χ2n) is 9.64. The Bertz CT molecular complexity index is 1390. The van der Waals surface area contributed by atoms with Crippen molar-refractivity contribution in [2.45, 2.75) is 44.6 Å². The number of hydrogen-bond acceptors (Lipinski definition) is 5. The Morgan fingerprint density at radius 2 is 1.79 bits per heavy atom. The van der Waals surface area contributed by atoms with E-state index in [1.165, 1.54) is 22.3 Å². The number of aliphatic hydroxyl groups is 1. The van der Waals surface area contributed by atoms with Gasteiger partial charge >= 0.3 is 0 Å². The molecule has 1 aliphatic carbocycles. The fourth-order valence-electron chi connectivity index (χ4n) is 4.37. The van der Waals surface area contributed by atoms with Crippen LogP contribution in [0.3, 0.4) is 0 Å². The largest absolute Gasteiger partial charge is 0.512 e. The summed E-state index contributed by atoms with van der Waals surface area (Å²) in [6.07, 6.45) is 6.32. The lowest BCUT2D eigenvalue weighted by atomic mass is 10.0. The minimum atomic E-state index is 0.430. The number of aliphatic imine (C=N–C) groups is 1. The summed E-state index contributed by atoms with van der Waals surface area (Å²) < 4.78 is 0. The number of amidine groups is 1. The summed E-state index contributed by atoms with van der Waals surface area (Å²) in [5, 5.41) is 13.1. The Balaban J connectivity index is 1.79. The van der Waals surface area contributed by atoms with Gasteiger partial charge in [-0.25, -0.2) is 4.99 Å². The minimum Gasteiger partial charge on any atom is -0.512 e. The van der Waals surface area contributed by atoms with E-state index < -0.39 is 0 Å². The molecule has 0 spiro atoms.